The molecule has 1 heterocycles. The molecule has 0 bridgehead atoms. The van der Waals surface area contributed by atoms with Crippen LogP contribution in [0.4, 0.5) is 10.7 Å². The van der Waals surface area contributed by atoms with Crippen LogP contribution < -0.4 is 5.32 Å². The molecule has 0 spiro atoms. The average molecular weight is 390 g/mol. The predicted molar refractivity (Wildman–Crippen MR) is 101 cm³/mol. The molecule has 27 heavy (non-hydrogen) atoms. The molecule has 0 radical (unpaired) electrons. The van der Waals surface area contributed by atoms with Crippen LogP contribution in [0, 0.1) is 24.0 Å². The van der Waals surface area contributed by atoms with Crippen LogP contribution in [-0.2, 0) is 4.74 Å². The maximum Gasteiger partial charge on any atom is 0.341 e. The Morgan fingerprint density at radius 1 is 1.26 bits per heavy atom. The molecule has 0 saturated heterocycles. The third-order valence-electron chi connectivity index (χ3n) is 3.83. The lowest BCUT2D eigenvalue weighted by Crippen LogP contribution is -2.15. The number of ether oxygens (including phenoxy) is 1. The lowest BCUT2D eigenvalue weighted by Gasteiger charge is -2.08. The van der Waals surface area contributed by atoms with Crippen molar-refractivity contribution in [2.45, 2.75) is 27.7 Å². The number of nitrogens with zero attached hydrogens (tertiary/aromatic N) is 1. The molecule has 0 fully saturated rings. The van der Waals surface area contributed by atoms with Crippen LogP contribution in [0.1, 0.15) is 55.4 Å². The lowest BCUT2D eigenvalue weighted by atomic mass is 10.1. The molecule has 0 unspecified atom stereocenters. The second kappa shape index (κ2) is 8.09. The zero-order valence-electron chi connectivity index (χ0n) is 15.2. The van der Waals surface area contributed by atoms with E-state index >= 15 is 0 Å². The number of nitrogens with one attached hydrogen (secondary N) is 1. The highest BCUT2D eigenvalue weighted by atomic mass is 32.1. The zero-order valence-corrected chi connectivity index (χ0v) is 16.1. The van der Waals surface area contributed by atoms with Gasteiger partial charge in [0.05, 0.1) is 22.0 Å². The van der Waals surface area contributed by atoms with Crippen molar-refractivity contribution in [1.29, 1.82) is 0 Å². The molecule has 142 valence electrons. The Hall–Kier alpha value is -3.07. The van der Waals surface area contributed by atoms with Crippen molar-refractivity contribution in [3.05, 3.63) is 55.4 Å². The monoisotopic (exact) mass is 390 g/mol. The van der Waals surface area contributed by atoms with Crippen molar-refractivity contribution in [1.82, 2.24) is 0 Å². The van der Waals surface area contributed by atoms with E-state index in [2.05, 4.69) is 5.32 Å². The molecule has 1 N–H and O–H groups in total. The SMILES string of the molecule is CCOC(=O)c1c(NC(=O)c2ccc([N+](=O)[O-])c(C)c2)sc(C(C)=O)c1C. The summed E-state index contributed by atoms with van der Waals surface area (Å²) in [6.07, 6.45) is 0. The fourth-order valence-corrected chi connectivity index (χ4v) is 3.65. The van der Waals surface area contributed by atoms with Crippen molar-refractivity contribution in [3.8, 4) is 0 Å². The van der Waals surface area contributed by atoms with Crippen molar-refractivity contribution in [2.24, 2.45) is 0 Å². The zero-order chi connectivity index (χ0) is 20.3. The molecule has 9 heteroatoms. The summed E-state index contributed by atoms with van der Waals surface area (Å²) >= 11 is 0.993. The summed E-state index contributed by atoms with van der Waals surface area (Å²) in [5.41, 5.74) is 1.03. The standard InChI is InChI=1S/C18H18N2O6S/c1-5-26-18(23)14-10(3)15(11(4)21)27-17(14)19-16(22)12-6-7-13(20(24)25)9(2)8-12/h6-8H,5H2,1-4H3,(H,19,22). The van der Waals surface area contributed by atoms with E-state index in [-0.39, 0.29) is 34.2 Å². The van der Waals surface area contributed by atoms with Gasteiger partial charge in [0.2, 0.25) is 0 Å². The van der Waals surface area contributed by atoms with Crippen LogP contribution in [0.3, 0.4) is 0 Å². The minimum Gasteiger partial charge on any atom is -0.462 e. The lowest BCUT2D eigenvalue weighted by molar-refractivity contribution is -0.385. The van der Waals surface area contributed by atoms with E-state index in [1.807, 2.05) is 0 Å². The van der Waals surface area contributed by atoms with Crippen LogP contribution in [0.25, 0.3) is 0 Å². The third-order valence-corrected chi connectivity index (χ3v) is 5.14. The Labute approximate surface area is 159 Å². The van der Waals surface area contributed by atoms with Gasteiger partial charge in [0.1, 0.15) is 5.00 Å². The number of hydrogen-bond acceptors (Lipinski definition) is 7. The van der Waals surface area contributed by atoms with E-state index in [1.165, 1.54) is 32.0 Å². The van der Waals surface area contributed by atoms with Gasteiger partial charge in [-0.25, -0.2) is 4.79 Å². The highest BCUT2D eigenvalue weighted by Gasteiger charge is 2.25. The number of nitro benzene ring substituents is 1. The van der Waals surface area contributed by atoms with Gasteiger partial charge < -0.3 is 10.1 Å². The largest absolute Gasteiger partial charge is 0.462 e. The smallest absolute Gasteiger partial charge is 0.341 e. The van der Waals surface area contributed by atoms with Crippen molar-refractivity contribution in [3.63, 3.8) is 0 Å². The van der Waals surface area contributed by atoms with E-state index in [1.54, 1.807) is 13.8 Å². The van der Waals surface area contributed by atoms with E-state index in [0.717, 1.165) is 11.3 Å². The molecule has 2 aromatic rings. The maximum atomic E-state index is 12.6. The van der Waals surface area contributed by atoms with E-state index in [4.69, 9.17) is 4.74 Å². The molecule has 1 aromatic heterocycles. The van der Waals surface area contributed by atoms with Gasteiger partial charge in [0.15, 0.2) is 5.78 Å². The quantitative estimate of drug-likeness (QED) is 0.346. The molecule has 2 rings (SSSR count). The number of ketones is 1. The topological polar surface area (TPSA) is 116 Å². The Bertz CT molecular complexity index is 948. The number of anilines is 1. The van der Waals surface area contributed by atoms with E-state index in [0.29, 0.717) is 16.0 Å². The Morgan fingerprint density at radius 3 is 2.44 bits per heavy atom. The van der Waals surface area contributed by atoms with Gasteiger partial charge in [-0.3, -0.25) is 19.7 Å². The van der Waals surface area contributed by atoms with Crippen molar-refractivity contribution in [2.75, 3.05) is 11.9 Å². The van der Waals surface area contributed by atoms with Gasteiger partial charge in [-0.2, -0.15) is 0 Å². The third kappa shape index (κ3) is 4.20. The van der Waals surface area contributed by atoms with E-state index < -0.39 is 16.8 Å². The summed E-state index contributed by atoms with van der Waals surface area (Å²) in [5, 5.41) is 13.7. The van der Waals surface area contributed by atoms with Gasteiger partial charge >= 0.3 is 5.97 Å². The number of carbonyl (C=O) groups is 3. The number of nitro groups is 1. The van der Waals surface area contributed by atoms with E-state index in [9.17, 15) is 24.5 Å². The fourth-order valence-electron chi connectivity index (χ4n) is 2.56. The maximum absolute atomic E-state index is 12.6. The first-order valence-corrected chi connectivity index (χ1v) is 8.86. The Morgan fingerprint density at radius 2 is 1.93 bits per heavy atom. The van der Waals surface area contributed by atoms with Crippen molar-refractivity contribution >= 4 is 39.7 Å². The molecular weight excluding hydrogens is 372 g/mol. The minimum absolute atomic E-state index is 0.0930. The minimum atomic E-state index is -0.631. The number of aryl methyl sites for hydroxylation is 1. The number of esters is 1. The Kier molecular flexibility index (Phi) is 6.06. The molecule has 1 amide bonds. The van der Waals surface area contributed by atoms with Gasteiger partial charge in [0.25, 0.3) is 11.6 Å². The van der Waals surface area contributed by atoms with Gasteiger partial charge in [-0.1, -0.05) is 0 Å². The molecule has 0 atom stereocenters. The Balaban J connectivity index is 2.41. The number of carbonyl (C=O) groups excluding carboxylic acids is 3. The highest BCUT2D eigenvalue weighted by Crippen LogP contribution is 2.34. The molecule has 0 aliphatic rings. The molecule has 1 aromatic carbocycles. The fraction of sp³-hybridized carbons (Fsp3) is 0.278. The second-order valence-electron chi connectivity index (χ2n) is 5.75. The number of hydrogen-bond donors (Lipinski definition) is 1. The van der Waals surface area contributed by atoms with Gasteiger partial charge in [0, 0.05) is 17.2 Å². The average Bonchev–Trinajstić information content (AvgIpc) is 2.91. The summed E-state index contributed by atoms with van der Waals surface area (Å²) in [7, 11) is 0. The first-order chi connectivity index (χ1) is 12.7. The number of amides is 1. The summed E-state index contributed by atoms with van der Waals surface area (Å²) in [6.45, 7) is 6.33. The van der Waals surface area contributed by atoms with Gasteiger partial charge in [-0.05, 0) is 45.4 Å². The number of benzene rings is 1. The second-order valence-corrected chi connectivity index (χ2v) is 6.77. The normalized spacial score (nSPS) is 10.4. The molecule has 8 nitrogen and oxygen atoms in total. The van der Waals surface area contributed by atoms with Crippen LogP contribution in [0.5, 0.6) is 0 Å². The first kappa shape index (κ1) is 20.2. The molecule has 0 aliphatic heterocycles. The number of rotatable bonds is 6. The molecule has 0 saturated carbocycles. The molecular formula is C18H18N2O6S. The van der Waals surface area contributed by atoms with Crippen molar-refractivity contribution < 1.29 is 24.0 Å². The van der Waals surface area contributed by atoms with Crippen LogP contribution in [0.15, 0.2) is 18.2 Å². The first-order valence-electron chi connectivity index (χ1n) is 8.05. The number of Topliss-reactive ketones (excluding diaryl/α,β-unsaturated/α-hetero) is 1. The van der Waals surface area contributed by atoms with Gasteiger partial charge in [-0.15, -0.1) is 11.3 Å². The van der Waals surface area contributed by atoms with Crippen LogP contribution >= 0.6 is 11.3 Å². The highest BCUT2D eigenvalue weighted by molar-refractivity contribution is 7.18. The molecule has 0 aliphatic carbocycles. The summed E-state index contributed by atoms with van der Waals surface area (Å²) in [6, 6.07) is 3.97. The van der Waals surface area contributed by atoms with Crippen LogP contribution in [-0.4, -0.2) is 29.2 Å². The summed E-state index contributed by atoms with van der Waals surface area (Å²) in [5.74, 6) is -1.40. The van der Waals surface area contributed by atoms with Crippen LogP contribution in [0.2, 0.25) is 0 Å². The summed E-state index contributed by atoms with van der Waals surface area (Å²) in [4.78, 5) is 47.3. The predicted octanol–water partition coefficient (Wildman–Crippen LogP) is 3.90. The summed E-state index contributed by atoms with van der Waals surface area (Å²) < 4.78 is 5.02. The number of thiophene rings is 1.